The average molecular weight is 715 g/mol. The number of para-hydroxylation sites is 1. The Bertz CT molecular complexity index is 742. The van der Waals surface area contributed by atoms with Gasteiger partial charge in [-0.15, -0.1) is 0 Å². The zero-order chi connectivity index (χ0) is 35.5. The Morgan fingerprint density at radius 2 is 0.540 bits per heavy atom. The molecule has 0 unspecified atom stereocenters. The van der Waals surface area contributed by atoms with Gasteiger partial charge >= 0.3 is 0 Å². The van der Waals surface area contributed by atoms with Crippen molar-refractivity contribution in [3.8, 4) is 5.75 Å². The van der Waals surface area contributed by atoms with E-state index in [4.69, 9.17) is 47.4 Å². The minimum absolute atomic E-state index is 0.523. The lowest BCUT2D eigenvalue weighted by Gasteiger charge is -2.09. The van der Waals surface area contributed by atoms with E-state index in [-0.39, 0.29) is 0 Å². The topological polar surface area (TPSA) is 92.3 Å². The third-order valence-electron chi connectivity index (χ3n) is 7.86. The van der Waals surface area contributed by atoms with E-state index < -0.39 is 0 Å². The third-order valence-corrected chi connectivity index (χ3v) is 7.86. The first kappa shape index (κ1) is 46.7. The predicted molar refractivity (Wildman–Crippen MR) is 200 cm³/mol. The smallest absolute Gasteiger partial charge is 0.119 e. The molecule has 0 spiro atoms. The van der Waals surface area contributed by atoms with E-state index >= 15 is 0 Å². The molecule has 0 aromatic heterocycles. The van der Waals surface area contributed by atoms with Crippen molar-refractivity contribution in [3.63, 3.8) is 0 Å². The maximum Gasteiger partial charge on any atom is 0.119 e. The first-order valence-corrected chi connectivity index (χ1v) is 19.8. The average Bonchev–Trinajstić information content (AvgIpc) is 3.14. The summed E-state index contributed by atoms with van der Waals surface area (Å²) >= 11 is 0. The molecule has 0 aliphatic heterocycles. The summed E-state index contributed by atoms with van der Waals surface area (Å²) in [7, 11) is 0. The summed E-state index contributed by atoms with van der Waals surface area (Å²) in [6.45, 7) is 13.0. The zero-order valence-corrected chi connectivity index (χ0v) is 31.8. The molecule has 294 valence electrons. The van der Waals surface area contributed by atoms with Crippen molar-refractivity contribution in [3.05, 3.63) is 30.3 Å². The van der Waals surface area contributed by atoms with Gasteiger partial charge in [0.25, 0.3) is 0 Å². The van der Waals surface area contributed by atoms with E-state index in [0.717, 1.165) is 18.8 Å². The molecular weight excluding hydrogens is 640 g/mol. The molecule has 0 amide bonds. The standard InChI is InChI=1S/C40H74O10/c1-2-3-4-5-6-7-8-9-10-11-12-13-14-18-21-41-22-23-42-24-25-43-26-27-44-28-29-45-30-31-46-32-33-47-34-35-48-36-37-49-38-39-50-40-19-16-15-17-20-40/h15-17,19-20H,2-14,18,21-39H2,1H3. The number of benzene rings is 1. The van der Waals surface area contributed by atoms with Gasteiger partial charge in [0.05, 0.1) is 112 Å². The van der Waals surface area contributed by atoms with Crippen LogP contribution in [0.5, 0.6) is 5.75 Å². The molecule has 0 bridgehead atoms. The summed E-state index contributed by atoms with van der Waals surface area (Å²) < 4.78 is 55.4. The van der Waals surface area contributed by atoms with Crippen molar-refractivity contribution in [1.29, 1.82) is 0 Å². The number of ether oxygens (including phenoxy) is 10. The highest BCUT2D eigenvalue weighted by molar-refractivity contribution is 5.20. The molecule has 0 heterocycles. The lowest BCUT2D eigenvalue weighted by atomic mass is 10.0. The Hall–Kier alpha value is -1.34. The van der Waals surface area contributed by atoms with Crippen LogP contribution in [-0.2, 0) is 42.6 Å². The molecule has 0 aliphatic rings. The van der Waals surface area contributed by atoms with Crippen LogP contribution in [0.15, 0.2) is 30.3 Å². The minimum Gasteiger partial charge on any atom is -0.491 e. The Balaban J connectivity index is 1.60. The van der Waals surface area contributed by atoms with E-state index in [1.54, 1.807) is 0 Å². The largest absolute Gasteiger partial charge is 0.491 e. The van der Waals surface area contributed by atoms with Crippen LogP contribution in [0, 0.1) is 0 Å². The van der Waals surface area contributed by atoms with Crippen molar-refractivity contribution in [2.24, 2.45) is 0 Å². The van der Waals surface area contributed by atoms with Crippen LogP contribution < -0.4 is 4.74 Å². The van der Waals surface area contributed by atoms with Crippen molar-refractivity contribution in [1.82, 2.24) is 0 Å². The molecule has 50 heavy (non-hydrogen) atoms. The SMILES string of the molecule is CCCCCCCCCCCCCCCCOCCOCCOCCOCCOCCOCCOCCOCCOCCOc1ccccc1. The molecule has 1 aromatic carbocycles. The molecular formula is C40H74O10. The van der Waals surface area contributed by atoms with Gasteiger partial charge in [-0.2, -0.15) is 0 Å². The predicted octanol–water partition coefficient (Wildman–Crippen LogP) is 7.70. The first-order chi connectivity index (χ1) is 24.9. The van der Waals surface area contributed by atoms with Gasteiger partial charge in [0.1, 0.15) is 12.4 Å². The fraction of sp³-hybridized carbons (Fsp3) is 0.850. The maximum atomic E-state index is 5.68. The summed E-state index contributed by atoms with van der Waals surface area (Å²) in [5.74, 6) is 0.850. The normalized spacial score (nSPS) is 11.5. The Morgan fingerprint density at radius 1 is 0.280 bits per heavy atom. The lowest BCUT2D eigenvalue weighted by Crippen LogP contribution is -2.15. The van der Waals surface area contributed by atoms with E-state index in [0.29, 0.717) is 119 Å². The summed E-state index contributed by atoms with van der Waals surface area (Å²) in [6.07, 6.45) is 19.3. The molecule has 1 rings (SSSR count). The monoisotopic (exact) mass is 715 g/mol. The van der Waals surface area contributed by atoms with Crippen LogP contribution in [0.25, 0.3) is 0 Å². The minimum atomic E-state index is 0.523. The van der Waals surface area contributed by atoms with Gasteiger partial charge in [-0.1, -0.05) is 109 Å². The van der Waals surface area contributed by atoms with Crippen molar-refractivity contribution in [2.45, 2.75) is 96.8 Å². The van der Waals surface area contributed by atoms with E-state index in [1.807, 2.05) is 30.3 Å². The summed E-state index contributed by atoms with van der Waals surface area (Å²) in [4.78, 5) is 0. The summed E-state index contributed by atoms with van der Waals surface area (Å²) in [5.41, 5.74) is 0. The van der Waals surface area contributed by atoms with Gasteiger partial charge in [-0.25, -0.2) is 0 Å². The zero-order valence-electron chi connectivity index (χ0n) is 31.8. The quantitative estimate of drug-likeness (QED) is 0.0627. The van der Waals surface area contributed by atoms with Gasteiger partial charge in [-0.3, -0.25) is 0 Å². The number of hydrogen-bond donors (Lipinski definition) is 0. The molecule has 1 aromatic rings. The maximum absolute atomic E-state index is 5.68. The number of unbranched alkanes of at least 4 members (excludes halogenated alkanes) is 13. The lowest BCUT2D eigenvalue weighted by molar-refractivity contribution is -0.0254. The van der Waals surface area contributed by atoms with E-state index in [1.165, 1.54) is 83.5 Å². The van der Waals surface area contributed by atoms with Gasteiger partial charge in [0.15, 0.2) is 0 Å². The Labute approximate surface area is 305 Å². The fourth-order valence-corrected chi connectivity index (χ4v) is 5.00. The molecule has 10 heteroatoms. The van der Waals surface area contributed by atoms with Crippen molar-refractivity contribution >= 4 is 0 Å². The molecule has 0 radical (unpaired) electrons. The van der Waals surface area contributed by atoms with Crippen LogP contribution in [0.4, 0.5) is 0 Å². The number of hydrogen-bond acceptors (Lipinski definition) is 10. The molecule has 0 fully saturated rings. The van der Waals surface area contributed by atoms with Gasteiger partial charge < -0.3 is 47.4 Å². The molecule has 0 saturated heterocycles. The van der Waals surface area contributed by atoms with Crippen LogP contribution in [0.2, 0.25) is 0 Å². The second-order valence-electron chi connectivity index (χ2n) is 12.3. The van der Waals surface area contributed by atoms with Crippen molar-refractivity contribution < 1.29 is 47.4 Å². The third kappa shape index (κ3) is 37.9. The summed E-state index contributed by atoms with van der Waals surface area (Å²) in [5, 5.41) is 0. The van der Waals surface area contributed by atoms with E-state index in [2.05, 4.69) is 6.92 Å². The fourth-order valence-electron chi connectivity index (χ4n) is 5.00. The molecule has 10 nitrogen and oxygen atoms in total. The van der Waals surface area contributed by atoms with E-state index in [9.17, 15) is 0 Å². The van der Waals surface area contributed by atoms with Gasteiger partial charge in [0, 0.05) is 6.61 Å². The molecule has 0 atom stereocenters. The summed E-state index contributed by atoms with van der Waals surface area (Å²) in [6, 6.07) is 9.70. The Kier molecular flexibility index (Phi) is 39.3. The highest BCUT2D eigenvalue weighted by Gasteiger charge is 1.98. The Morgan fingerprint density at radius 3 is 0.860 bits per heavy atom. The second kappa shape index (κ2) is 42.1. The highest BCUT2D eigenvalue weighted by Crippen LogP contribution is 2.13. The first-order valence-electron chi connectivity index (χ1n) is 19.8. The molecule has 0 saturated carbocycles. The van der Waals surface area contributed by atoms with Gasteiger partial charge in [0.2, 0.25) is 0 Å². The van der Waals surface area contributed by atoms with Crippen molar-refractivity contribution in [2.75, 3.05) is 126 Å². The van der Waals surface area contributed by atoms with Crippen LogP contribution in [0.3, 0.4) is 0 Å². The van der Waals surface area contributed by atoms with Crippen LogP contribution in [-0.4, -0.2) is 126 Å². The van der Waals surface area contributed by atoms with Crippen LogP contribution >= 0.6 is 0 Å². The van der Waals surface area contributed by atoms with Crippen LogP contribution in [0.1, 0.15) is 96.8 Å². The molecule has 0 N–H and O–H groups in total. The number of rotatable bonds is 43. The molecule has 0 aliphatic carbocycles. The van der Waals surface area contributed by atoms with Gasteiger partial charge in [-0.05, 0) is 18.6 Å². The second-order valence-corrected chi connectivity index (χ2v) is 12.3. The highest BCUT2D eigenvalue weighted by atomic mass is 16.6.